The summed E-state index contributed by atoms with van der Waals surface area (Å²) in [5.74, 6) is -2.09. The van der Waals surface area contributed by atoms with E-state index in [4.69, 9.17) is 4.74 Å². The first-order valence-electron chi connectivity index (χ1n) is 10.3. The number of nitrogens with one attached hydrogen (secondary N) is 2. The zero-order chi connectivity index (χ0) is 24.1. The van der Waals surface area contributed by atoms with Gasteiger partial charge in [-0.1, -0.05) is 35.5 Å². The SMILES string of the molecule is O=C(NCC1COCCN1C(=O)Nc1ccccc1)c1ccc(-c2noc(C(F)(F)F)n2)cc1. The lowest BCUT2D eigenvalue weighted by Crippen LogP contribution is -2.54. The largest absolute Gasteiger partial charge is 0.471 e. The van der Waals surface area contributed by atoms with Crippen LogP contribution in [0, 0.1) is 0 Å². The summed E-state index contributed by atoms with van der Waals surface area (Å²) in [6.07, 6.45) is -4.74. The minimum atomic E-state index is -4.74. The van der Waals surface area contributed by atoms with Crippen molar-refractivity contribution in [1.29, 1.82) is 0 Å². The van der Waals surface area contributed by atoms with Gasteiger partial charge in [0.15, 0.2) is 0 Å². The number of anilines is 1. The lowest BCUT2D eigenvalue weighted by Gasteiger charge is -2.35. The summed E-state index contributed by atoms with van der Waals surface area (Å²) in [5, 5.41) is 8.90. The topological polar surface area (TPSA) is 110 Å². The molecule has 2 aromatic carbocycles. The highest BCUT2D eigenvalue weighted by Crippen LogP contribution is 2.29. The van der Waals surface area contributed by atoms with E-state index in [2.05, 4.69) is 25.3 Å². The zero-order valence-electron chi connectivity index (χ0n) is 17.7. The summed E-state index contributed by atoms with van der Waals surface area (Å²) in [4.78, 5) is 30.2. The molecule has 1 atom stereocenters. The predicted molar refractivity (Wildman–Crippen MR) is 114 cm³/mol. The van der Waals surface area contributed by atoms with E-state index in [1.165, 1.54) is 24.3 Å². The molecule has 3 aromatic rings. The van der Waals surface area contributed by atoms with Crippen LogP contribution in [0.25, 0.3) is 11.4 Å². The Morgan fingerprint density at radius 1 is 1.09 bits per heavy atom. The van der Waals surface area contributed by atoms with E-state index in [-0.39, 0.29) is 42.2 Å². The molecule has 1 aliphatic rings. The number of carbonyl (C=O) groups is 2. The number of amides is 3. The molecule has 34 heavy (non-hydrogen) atoms. The van der Waals surface area contributed by atoms with Crippen molar-refractivity contribution in [3.05, 3.63) is 66.1 Å². The number of hydrogen-bond acceptors (Lipinski definition) is 6. The number of aromatic nitrogens is 2. The van der Waals surface area contributed by atoms with Crippen molar-refractivity contribution < 1.29 is 32.0 Å². The molecular weight excluding hydrogens is 455 g/mol. The molecule has 4 rings (SSSR count). The Balaban J connectivity index is 1.35. The van der Waals surface area contributed by atoms with Crippen LogP contribution in [0.1, 0.15) is 16.2 Å². The molecule has 0 radical (unpaired) electrons. The molecule has 2 N–H and O–H groups in total. The molecule has 12 heteroatoms. The molecule has 0 bridgehead atoms. The minimum absolute atomic E-state index is 0.155. The molecule has 9 nitrogen and oxygen atoms in total. The van der Waals surface area contributed by atoms with Crippen LogP contribution in [0.3, 0.4) is 0 Å². The molecule has 0 saturated carbocycles. The number of para-hydroxylation sites is 1. The molecule has 1 aromatic heterocycles. The molecule has 2 heterocycles. The summed E-state index contributed by atoms with van der Waals surface area (Å²) in [7, 11) is 0. The quantitative estimate of drug-likeness (QED) is 0.585. The van der Waals surface area contributed by atoms with Crippen molar-refractivity contribution >= 4 is 17.6 Å². The molecule has 3 amide bonds. The lowest BCUT2D eigenvalue weighted by molar-refractivity contribution is -0.159. The molecule has 1 unspecified atom stereocenters. The number of carbonyl (C=O) groups excluding carboxylic acids is 2. The van der Waals surface area contributed by atoms with Crippen molar-refractivity contribution in [3.8, 4) is 11.4 Å². The molecule has 178 valence electrons. The zero-order valence-corrected chi connectivity index (χ0v) is 17.7. The first-order chi connectivity index (χ1) is 16.3. The van der Waals surface area contributed by atoms with E-state index < -0.39 is 18.0 Å². The fraction of sp³-hybridized carbons (Fsp3) is 0.273. The van der Waals surface area contributed by atoms with Gasteiger partial charge in [-0.25, -0.2) is 4.79 Å². The van der Waals surface area contributed by atoms with E-state index >= 15 is 0 Å². The van der Waals surface area contributed by atoms with E-state index in [1.54, 1.807) is 17.0 Å². The van der Waals surface area contributed by atoms with Crippen LogP contribution < -0.4 is 10.6 Å². The van der Waals surface area contributed by atoms with E-state index in [1.807, 2.05) is 18.2 Å². The average Bonchev–Trinajstić information content (AvgIpc) is 3.35. The maximum atomic E-state index is 12.7. The molecule has 1 aliphatic heterocycles. The third-order valence-corrected chi connectivity index (χ3v) is 5.09. The van der Waals surface area contributed by atoms with Crippen LogP contribution in [-0.4, -0.2) is 59.3 Å². The van der Waals surface area contributed by atoms with Crippen LogP contribution in [0.5, 0.6) is 0 Å². The predicted octanol–water partition coefficient (Wildman–Crippen LogP) is 3.42. The number of hydrogen-bond donors (Lipinski definition) is 2. The van der Waals surface area contributed by atoms with Gasteiger partial charge in [-0.3, -0.25) is 4.79 Å². The molecular formula is C22H20F3N5O4. The number of alkyl halides is 3. The summed E-state index contributed by atoms with van der Waals surface area (Å²) in [6, 6.07) is 14.1. The third kappa shape index (κ3) is 5.52. The Bertz CT molecular complexity index is 1140. The highest BCUT2D eigenvalue weighted by Gasteiger charge is 2.38. The van der Waals surface area contributed by atoms with Crippen LogP contribution >= 0.6 is 0 Å². The fourth-order valence-electron chi connectivity index (χ4n) is 3.35. The number of urea groups is 1. The van der Waals surface area contributed by atoms with Crippen molar-refractivity contribution in [2.75, 3.05) is 31.6 Å². The van der Waals surface area contributed by atoms with Gasteiger partial charge in [0.1, 0.15) is 0 Å². The standard InChI is InChI=1S/C22H20F3N5O4/c23-22(24,25)20-28-18(29-34-20)14-6-8-15(9-7-14)19(31)26-12-17-13-33-11-10-30(17)21(32)27-16-4-2-1-3-5-16/h1-9,17H,10-13H2,(H,26,31)(H,27,32). The number of halogens is 3. The highest BCUT2D eigenvalue weighted by molar-refractivity contribution is 5.94. The van der Waals surface area contributed by atoms with Gasteiger partial charge in [0.05, 0.1) is 19.3 Å². The van der Waals surface area contributed by atoms with Crippen LogP contribution in [0.2, 0.25) is 0 Å². The Labute approximate surface area is 191 Å². The first kappa shape index (κ1) is 23.2. The first-order valence-corrected chi connectivity index (χ1v) is 10.3. The second kappa shape index (κ2) is 9.91. The third-order valence-electron chi connectivity index (χ3n) is 5.09. The van der Waals surface area contributed by atoms with Gasteiger partial charge in [-0.2, -0.15) is 18.2 Å². The van der Waals surface area contributed by atoms with Gasteiger partial charge >= 0.3 is 18.1 Å². The Morgan fingerprint density at radius 2 is 1.82 bits per heavy atom. The number of morpholine rings is 1. The summed E-state index contributed by atoms with van der Waals surface area (Å²) < 4.78 is 47.6. The van der Waals surface area contributed by atoms with Crippen LogP contribution in [0.15, 0.2) is 59.1 Å². The molecule has 0 aliphatic carbocycles. The second-order valence-electron chi connectivity index (χ2n) is 7.43. The number of benzene rings is 2. The fourth-order valence-corrected chi connectivity index (χ4v) is 3.35. The van der Waals surface area contributed by atoms with Gasteiger partial charge in [0, 0.05) is 29.9 Å². The summed E-state index contributed by atoms with van der Waals surface area (Å²) >= 11 is 0. The van der Waals surface area contributed by atoms with Gasteiger partial charge in [-0.15, -0.1) is 0 Å². The van der Waals surface area contributed by atoms with Crippen molar-refractivity contribution in [2.45, 2.75) is 12.2 Å². The molecule has 0 spiro atoms. The van der Waals surface area contributed by atoms with Crippen molar-refractivity contribution in [2.24, 2.45) is 0 Å². The summed E-state index contributed by atoms with van der Waals surface area (Å²) in [6.45, 7) is 1.18. The monoisotopic (exact) mass is 475 g/mol. The normalized spacial score (nSPS) is 16.2. The maximum Gasteiger partial charge on any atom is 0.471 e. The minimum Gasteiger partial charge on any atom is -0.377 e. The van der Waals surface area contributed by atoms with Gasteiger partial charge in [-0.05, 0) is 24.3 Å². The number of nitrogens with zero attached hydrogens (tertiary/aromatic N) is 3. The molecule has 1 saturated heterocycles. The maximum absolute atomic E-state index is 12.7. The number of ether oxygens (including phenoxy) is 1. The van der Waals surface area contributed by atoms with Crippen LogP contribution in [-0.2, 0) is 10.9 Å². The smallest absolute Gasteiger partial charge is 0.377 e. The van der Waals surface area contributed by atoms with E-state index in [0.29, 0.717) is 18.8 Å². The van der Waals surface area contributed by atoms with E-state index in [0.717, 1.165) is 0 Å². The average molecular weight is 475 g/mol. The van der Waals surface area contributed by atoms with Crippen molar-refractivity contribution in [3.63, 3.8) is 0 Å². The lowest BCUT2D eigenvalue weighted by atomic mass is 10.1. The van der Waals surface area contributed by atoms with Gasteiger partial charge in [0.25, 0.3) is 5.91 Å². The van der Waals surface area contributed by atoms with Gasteiger partial charge in [0.2, 0.25) is 5.82 Å². The number of rotatable bonds is 5. The second-order valence-corrected chi connectivity index (χ2v) is 7.43. The van der Waals surface area contributed by atoms with Crippen molar-refractivity contribution in [1.82, 2.24) is 20.4 Å². The van der Waals surface area contributed by atoms with Gasteiger partial charge < -0.3 is 24.8 Å². The Hall–Kier alpha value is -3.93. The highest BCUT2D eigenvalue weighted by atomic mass is 19.4. The van der Waals surface area contributed by atoms with Crippen LogP contribution in [0.4, 0.5) is 23.7 Å². The van der Waals surface area contributed by atoms with E-state index in [9.17, 15) is 22.8 Å². The molecule has 1 fully saturated rings. The Kier molecular flexibility index (Phi) is 6.77. The summed E-state index contributed by atoms with van der Waals surface area (Å²) in [5.41, 5.74) is 1.20. The Morgan fingerprint density at radius 3 is 2.50 bits per heavy atom.